The van der Waals surface area contributed by atoms with Gasteiger partial charge in [0.05, 0.1) is 11.7 Å². The summed E-state index contributed by atoms with van der Waals surface area (Å²) in [6, 6.07) is 0. The molecule has 0 heterocycles. The van der Waals surface area contributed by atoms with Crippen LogP contribution in [0.1, 0.15) is 112 Å². The Morgan fingerprint density at radius 1 is 1.03 bits per heavy atom. The number of hydrogen-bond donors (Lipinski definition) is 2. The van der Waals surface area contributed by atoms with Crippen molar-refractivity contribution >= 4 is 0 Å². The average molecular weight is 431 g/mol. The van der Waals surface area contributed by atoms with Crippen LogP contribution in [0.3, 0.4) is 0 Å². The Labute approximate surface area is 192 Å². The fraction of sp³-hybridized carbons (Fsp3) is 0.931. The van der Waals surface area contributed by atoms with E-state index in [2.05, 4.69) is 40.7 Å². The van der Waals surface area contributed by atoms with E-state index in [-0.39, 0.29) is 6.10 Å². The first kappa shape index (κ1) is 23.8. The van der Waals surface area contributed by atoms with E-state index < -0.39 is 5.60 Å². The topological polar surface area (TPSA) is 40.5 Å². The Bertz CT molecular complexity index is 653. The maximum atomic E-state index is 10.9. The van der Waals surface area contributed by atoms with E-state index in [0.29, 0.717) is 11.3 Å². The zero-order valence-electron chi connectivity index (χ0n) is 21.1. The van der Waals surface area contributed by atoms with Crippen molar-refractivity contribution < 1.29 is 10.2 Å². The van der Waals surface area contributed by atoms with Gasteiger partial charge in [-0.1, -0.05) is 59.1 Å². The van der Waals surface area contributed by atoms with Crippen molar-refractivity contribution in [3.05, 3.63) is 11.6 Å². The van der Waals surface area contributed by atoms with Gasteiger partial charge in [0.1, 0.15) is 0 Å². The Morgan fingerprint density at radius 2 is 1.81 bits per heavy atom. The normalized spacial score (nSPS) is 44.3. The van der Waals surface area contributed by atoms with Crippen LogP contribution in [-0.2, 0) is 0 Å². The molecule has 0 aromatic heterocycles. The first-order chi connectivity index (χ1) is 14.7. The lowest BCUT2D eigenvalue weighted by Gasteiger charge is -2.55. The highest BCUT2D eigenvalue weighted by Crippen LogP contribution is 2.65. The predicted octanol–water partition coefficient (Wildman–Crippen LogP) is 7.14. The first-order valence-electron chi connectivity index (χ1n) is 13.8. The summed E-state index contributed by atoms with van der Waals surface area (Å²) in [5.74, 6) is 5.49. The van der Waals surface area contributed by atoms with Crippen LogP contribution in [0.25, 0.3) is 0 Å². The second-order valence-electron chi connectivity index (χ2n) is 12.8. The smallest absolute Gasteiger partial charge is 0.0682 e. The summed E-state index contributed by atoms with van der Waals surface area (Å²) in [5.41, 5.74) is 1.73. The molecule has 4 rings (SSSR count). The zero-order valence-corrected chi connectivity index (χ0v) is 21.1. The fourth-order valence-electron chi connectivity index (χ4n) is 8.83. The van der Waals surface area contributed by atoms with Gasteiger partial charge in [0.25, 0.3) is 0 Å². The summed E-state index contributed by atoms with van der Waals surface area (Å²) in [6.07, 6.45) is 17.0. The van der Waals surface area contributed by atoms with Gasteiger partial charge in [-0.25, -0.2) is 0 Å². The number of aliphatic hydroxyl groups excluding tert-OH is 1. The fourth-order valence-corrected chi connectivity index (χ4v) is 8.83. The molecule has 0 amide bonds. The second-order valence-corrected chi connectivity index (χ2v) is 12.8. The molecule has 2 heteroatoms. The minimum absolute atomic E-state index is 0.126. The summed E-state index contributed by atoms with van der Waals surface area (Å²) >= 11 is 0. The predicted molar refractivity (Wildman–Crippen MR) is 130 cm³/mol. The second kappa shape index (κ2) is 9.13. The lowest BCUT2D eigenvalue weighted by Crippen LogP contribution is -2.48. The molecule has 0 aromatic carbocycles. The van der Waals surface area contributed by atoms with Gasteiger partial charge in [-0.15, -0.1) is 0 Å². The van der Waals surface area contributed by atoms with Crippen LogP contribution in [0.2, 0.25) is 0 Å². The molecule has 3 fully saturated rings. The Hall–Kier alpha value is -0.340. The third-order valence-electron chi connectivity index (χ3n) is 10.9. The summed E-state index contributed by atoms with van der Waals surface area (Å²) < 4.78 is 0. The standard InChI is InChI=1S/C29H50O2/c1-6-29(31)17-15-22-21(18-29)10-11-24-23(22)14-16-28(5)25(12-13-26(24)28)20(4)8-7-9-27(30)19(2)3/h10,19-20,22-27,30-31H,6-9,11-18H2,1-5H3/t20-,22+,23-,24-,25-,26+,27+,28-,29+/m1/s1. The highest BCUT2D eigenvalue weighted by Gasteiger charge is 2.57. The molecular formula is C29H50O2. The van der Waals surface area contributed by atoms with Gasteiger partial charge in [-0.2, -0.15) is 0 Å². The van der Waals surface area contributed by atoms with Gasteiger partial charge in [0, 0.05) is 0 Å². The summed E-state index contributed by atoms with van der Waals surface area (Å²) in [5, 5.41) is 21.1. The van der Waals surface area contributed by atoms with Crippen molar-refractivity contribution in [3.63, 3.8) is 0 Å². The number of allylic oxidation sites excluding steroid dienone is 1. The van der Waals surface area contributed by atoms with Gasteiger partial charge < -0.3 is 10.2 Å². The molecule has 2 nitrogen and oxygen atoms in total. The third kappa shape index (κ3) is 4.42. The Kier molecular flexibility index (Phi) is 7.01. The lowest BCUT2D eigenvalue weighted by atomic mass is 9.50. The van der Waals surface area contributed by atoms with E-state index in [1.165, 1.54) is 51.4 Å². The van der Waals surface area contributed by atoms with Crippen LogP contribution in [0.15, 0.2) is 11.6 Å². The number of hydrogen-bond acceptors (Lipinski definition) is 2. The molecule has 9 atom stereocenters. The highest BCUT2D eigenvalue weighted by atomic mass is 16.3. The number of rotatable bonds is 7. The lowest BCUT2D eigenvalue weighted by molar-refractivity contribution is -0.0461. The van der Waals surface area contributed by atoms with Crippen LogP contribution >= 0.6 is 0 Å². The van der Waals surface area contributed by atoms with Crippen molar-refractivity contribution in [1.29, 1.82) is 0 Å². The van der Waals surface area contributed by atoms with E-state index >= 15 is 0 Å². The van der Waals surface area contributed by atoms with Gasteiger partial charge in [0.15, 0.2) is 0 Å². The van der Waals surface area contributed by atoms with Gasteiger partial charge >= 0.3 is 0 Å². The molecule has 0 saturated heterocycles. The van der Waals surface area contributed by atoms with Crippen molar-refractivity contribution in [3.8, 4) is 0 Å². The molecule has 0 spiro atoms. The minimum Gasteiger partial charge on any atom is -0.393 e. The SMILES string of the molecule is CC[C@]1(O)CC[C@H]2C(=CC[C@@H]3[C@@H]2CC[C@]2(C)[C@@H]([C@H](C)CCC[C@H](O)C(C)C)CC[C@@H]32)C1. The average Bonchev–Trinajstić information content (AvgIpc) is 3.10. The molecule has 0 unspecified atom stereocenters. The van der Waals surface area contributed by atoms with Crippen molar-refractivity contribution in [2.24, 2.45) is 46.8 Å². The van der Waals surface area contributed by atoms with Gasteiger partial charge in [0.2, 0.25) is 0 Å². The minimum atomic E-state index is -0.421. The highest BCUT2D eigenvalue weighted by molar-refractivity contribution is 5.22. The molecule has 3 saturated carbocycles. The summed E-state index contributed by atoms with van der Waals surface area (Å²) in [6.45, 7) is 11.6. The van der Waals surface area contributed by atoms with Crippen LogP contribution < -0.4 is 0 Å². The largest absolute Gasteiger partial charge is 0.393 e. The first-order valence-corrected chi connectivity index (χ1v) is 13.8. The molecular weight excluding hydrogens is 380 g/mol. The van der Waals surface area contributed by atoms with E-state index in [1.807, 2.05) is 0 Å². The van der Waals surface area contributed by atoms with Gasteiger partial charge in [-0.3, -0.25) is 0 Å². The van der Waals surface area contributed by atoms with E-state index in [4.69, 9.17) is 0 Å². The number of aliphatic hydroxyl groups is 2. The maximum Gasteiger partial charge on any atom is 0.0682 e. The molecule has 2 N–H and O–H groups in total. The molecule has 0 aromatic rings. The van der Waals surface area contributed by atoms with Gasteiger partial charge in [-0.05, 0) is 111 Å². The molecule has 4 aliphatic rings. The van der Waals surface area contributed by atoms with Crippen molar-refractivity contribution in [2.75, 3.05) is 0 Å². The third-order valence-corrected chi connectivity index (χ3v) is 10.9. The van der Waals surface area contributed by atoms with Crippen LogP contribution in [-0.4, -0.2) is 21.9 Å². The van der Waals surface area contributed by atoms with Crippen molar-refractivity contribution in [2.45, 2.75) is 123 Å². The molecule has 0 aliphatic heterocycles. The van der Waals surface area contributed by atoms with Crippen molar-refractivity contribution in [1.82, 2.24) is 0 Å². The van der Waals surface area contributed by atoms with Crippen LogP contribution in [0.4, 0.5) is 0 Å². The molecule has 4 aliphatic carbocycles. The number of fused-ring (bicyclic) bond motifs is 5. The van der Waals surface area contributed by atoms with E-state index in [1.54, 1.807) is 5.57 Å². The zero-order chi connectivity index (χ0) is 22.4. The summed E-state index contributed by atoms with van der Waals surface area (Å²) in [4.78, 5) is 0. The quantitative estimate of drug-likeness (QED) is 0.421. The maximum absolute atomic E-state index is 10.9. The molecule has 0 bridgehead atoms. The van der Waals surface area contributed by atoms with Crippen LogP contribution in [0.5, 0.6) is 0 Å². The molecule has 178 valence electrons. The molecule has 0 radical (unpaired) electrons. The monoisotopic (exact) mass is 430 g/mol. The van der Waals surface area contributed by atoms with E-state index in [9.17, 15) is 10.2 Å². The Morgan fingerprint density at radius 3 is 2.52 bits per heavy atom. The van der Waals surface area contributed by atoms with E-state index in [0.717, 1.165) is 61.2 Å². The van der Waals surface area contributed by atoms with Crippen LogP contribution in [0, 0.1) is 46.8 Å². The molecule has 31 heavy (non-hydrogen) atoms. The Balaban J connectivity index is 1.41. The summed E-state index contributed by atoms with van der Waals surface area (Å²) in [7, 11) is 0.